The Bertz CT molecular complexity index is 944. The van der Waals surface area contributed by atoms with Crippen molar-refractivity contribution >= 4 is 21.6 Å². The van der Waals surface area contributed by atoms with Crippen molar-refractivity contribution in [1.82, 2.24) is 5.32 Å². The Balaban J connectivity index is 1.75. The van der Waals surface area contributed by atoms with Crippen LogP contribution in [-0.2, 0) is 10.0 Å². The zero-order chi connectivity index (χ0) is 20.3. The van der Waals surface area contributed by atoms with Crippen LogP contribution in [0.2, 0.25) is 0 Å². The van der Waals surface area contributed by atoms with Gasteiger partial charge in [0.1, 0.15) is 5.82 Å². The average Bonchev–Trinajstić information content (AvgIpc) is 2.67. The highest BCUT2D eigenvalue weighted by Crippen LogP contribution is 2.29. The van der Waals surface area contributed by atoms with Crippen LogP contribution in [-0.4, -0.2) is 20.4 Å². The molecule has 2 aromatic rings. The summed E-state index contributed by atoms with van der Waals surface area (Å²) in [5, 5.41) is 3.05. The van der Waals surface area contributed by atoms with Crippen molar-refractivity contribution in [3.63, 3.8) is 0 Å². The van der Waals surface area contributed by atoms with Gasteiger partial charge in [0, 0.05) is 17.3 Å². The topological polar surface area (TPSA) is 75.3 Å². The van der Waals surface area contributed by atoms with Gasteiger partial charge in [-0.05, 0) is 60.7 Å². The largest absolute Gasteiger partial charge is 0.349 e. The number of rotatable bonds is 5. The summed E-state index contributed by atoms with van der Waals surface area (Å²) >= 11 is 0. The minimum atomic E-state index is -3.89. The molecule has 28 heavy (non-hydrogen) atoms. The van der Waals surface area contributed by atoms with E-state index in [-0.39, 0.29) is 22.5 Å². The Kier molecular flexibility index (Phi) is 6.03. The third kappa shape index (κ3) is 4.70. The van der Waals surface area contributed by atoms with E-state index in [4.69, 9.17) is 0 Å². The maximum Gasteiger partial charge on any atom is 0.261 e. The van der Waals surface area contributed by atoms with Gasteiger partial charge in [0.25, 0.3) is 15.9 Å². The monoisotopic (exact) mass is 404 g/mol. The molecule has 0 saturated heterocycles. The van der Waals surface area contributed by atoms with Crippen LogP contribution in [0.15, 0.2) is 53.4 Å². The van der Waals surface area contributed by atoms with Gasteiger partial charge in [-0.2, -0.15) is 0 Å². The first kappa shape index (κ1) is 20.3. The molecule has 5 nitrogen and oxygen atoms in total. The van der Waals surface area contributed by atoms with Gasteiger partial charge in [0.2, 0.25) is 0 Å². The Morgan fingerprint density at radius 2 is 1.79 bits per heavy atom. The molecule has 2 aromatic carbocycles. The zero-order valence-electron chi connectivity index (χ0n) is 16.0. The molecule has 7 heteroatoms. The number of hydrogen-bond donors (Lipinski definition) is 2. The average molecular weight is 405 g/mol. The second-order valence-corrected chi connectivity index (χ2v) is 9.17. The third-order valence-corrected chi connectivity index (χ3v) is 6.91. The summed E-state index contributed by atoms with van der Waals surface area (Å²) in [7, 11) is -3.89. The summed E-state index contributed by atoms with van der Waals surface area (Å²) in [6, 6.07) is 11.1. The molecule has 2 N–H and O–H groups in total. The molecule has 0 spiro atoms. The molecular formula is C21H25FN2O3S. The molecule has 1 aliphatic carbocycles. The fourth-order valence-corrected chi connectivity index (χ4v) is 4.68. The van der Waals surface area contributed by atoms with E-state index in [9.17, 15) is 17.6 Å². The lowest BCUT2D eigenvalue weighted by atomic mass is 9.78. The Hall–Kier alpha value is -2.41. The van der Waals surface area contributed by atoms with Crippen LogP contribution in [0.1, 0.15) is 43.5 Å². The quantitative estimate of drug-likeness (QED) is 0.785. The van der Waals surface area contributed by atoms with Gasteiger partial charge in [-0.1, -0.05) is 32.8 Å². The summed E-state index contributed by atoms with van der Waals surface area (Å²) in [5.74, 6) is 0.202. The SMILES string of the molecule is C[C@@H]1[C@@H](C)CCC[C@H]1NC(=O)c1cccc(S(=O)(=O)Nc2ccc(F)cc2)c1. The van der Waals surface area contributed by atoms with Crippen molar-refractivity contribution in [3.8, 4) is 0 Å². The van der Waals surface area contributed by atoms with Crippen LogP contribution in [0, 0.1) is 17.7 Å². The third-order valence-electron chi connectivity index (χ3n) is 5.53. The van der Waals surface area contributed by atoms with E-state index in [1.807, 2.05) is 0 Å². The summed E-state index contributed by atoms with van der Waals surface area (Å²) in [4.78, 5) is 12.7. The minimum absolute atomic E-state index is 0.0189. The molecule has 1 aliphatic rings. The van der Waals surface area contributed by atoms with Crippen molar-refractivity contribution in [2.45, 2.75) is 44.0 Å². The van der Waals surface area contributed by atoms with E-state index >= 15 is 0 Å². The molecular weight excluding hydrogens is 379 g/mol. The molecule has 3 atom stereocenters. The lowest BCUT2D eigenvalue weighted by Gasteiger charge is -2.34. The van der Waals surface area contributed by atoms with Gasteiger partial charge in [-0.25, -0.2) is 12.8 Å². The summed E-state index contributed by atoms with van der Waals surface area (Å²) < 4.78 is 40.6. The van der Waals surface area contributed by atoms with E-state index in [1.165, 1.54) is 36.4 Å². The Morgan fingerprint density at radius 3 is 2.50 bits per heavy atom. The fraction of sp³-hybridized carbons (Fsp3) is 0.381. The van der Waals surface area contributed by atoms with E-state index in [2.05, 4.69) is 23.9 Å². The fourth-order valence-electron chi connectivity index (χ4n) is 3.57. The highest BCUT2D eigenvalue weighted by molar-refractivity contribution is 7.92. The number of anilines is 1. The number of sulfonamides is 1. The van der Waals surface area contributed by atoms with E-state index in [1.54, 1.807) is 12.1 Å². The zero-order valence-corrected chi connectivity index (χ0v) is 16.8. The van der Waals surface area contributed by atoms with E-state index in [0.717, 1.165) is 19.3 Å². The van der Waals surface area contributed by atoms with Crippen LogP contribution in [0.4, 0.5) is 10.1 Å². The van der Waals surface area contributed by atoms with E-state index in [0.29, 0.717) is 17.4 Å². The van der Waals surface area contributed by atoms with Gasteiger partial charge in [0.05, 0.1) is 4.90 Å². The summed E-state index contributed by atoms with van der Waals surface area (Å²) in [5.41, 5.74) is 0.550. The number of nitrogens with one attached hydrogen (secondary N) is 2. The molecule has 3 rings (SSSR count). The van der Waals surface area contributed by atoms with Gasteiger partial charge in [-0.15, -0.1) is 0 Å². The lowest BCUT2D eigenvalue weighted by molar-refractivity contribution is 0.0891. The minimum Gasteiger partial charge on any atom is -0.349 e. The van der Waals surface area contributed by atoms with Crippen molar-refractivity contribution in [1.29, 1.82) is 0 Å². The number of carbonyl (C=O) groups excluding carboxylic acids is 1. The van der Waals surface area contributed by atoms with Crippen molar-refractivity contribution in [3.05, 3.63) is 59.9 Å². The number of hydrogen-bond acceptors (Lipinski definition) is 3. The lowest BCUT2D eigenvalue weighted by Crippen LogP contribution is -2.43. The molecule has 1 fully saturated rings. The van der Waals surface area contributed by atoms with Crippen LogP contribution in [0.3, 0.4) is 0 Å². The van der Waals surface area contributed by atoms with Crippen LogP contribution in [0.5, 0.6) is 0 Å². The van der Waals surface area contributed by atoms with Crippen LogP contribution < -0.4 is 10.0 Å². The molecule has 0 unspecified atom stereocenters. The van der Waals surface area contributed by atoms with Crippen LogP contribution >= 0.6 is 0 Å². The predicted molar refractivity (Wildman–Crippen MR) is 107 cm³/mol. The predicted octanol–water partition coefficient (Wildman–Crippen LogP) is 4.18. The van der Waals surface area contributed by atoms with E-state index < -0.39 is 15.8 Å². The van der Waals surface area contributed by atoms with Crippen molar-refractivity contribution < 1.29 is 17.6 Å². The normalized spacial score (nSPS) is 22.5. The second kappa shape index (κ2) is 8.31. The molecule has 0 aromatic heterocycles. The molecule has 0 aliphatic heterocycles. The first-order chi connectivity index (χ1) is 13.3. The summed E-state index contributed by atoms with van der Waals surface area (Å²) in [6.07, 6.45) is 3.17. The highest BCUT2D eigenvalue weighted by atomic mass is 32.2. The molecule has 150 valence electrons. The number of amides is 1. The molecule has 0 bridgehead atoms. The van der Waals surface area contributed by atoms with Gasteiger partial charge < -0.3 is 5.32 Å². The first-order valence-electron chi connectivity index (χ1n) is 9.45. The number of benzene rings is 2. The number of halogens is 1. The molecule has 0 radical (unpaired) electrons. The van der Waals surface area contributed by atoms with Gasteiger partial charge in [-0.3, -0.25) is 9.52 Å². The number of carbonyl (C=O) groups is 1. The Morgan fingerprint density at radius 1 is 1.07 bits per heavy atom. The summed E-state index contributed by atoms with van der Waals surface area (Å²) in [6.45, 7) is 4.33. The first-order valence-corrected chi connectivity index (χ1v) is 10.9. The van der Waals surface area contributed by atoms with Crippen molar-refractivity contribution in [2.24, 2.45) is 11.8 Å². The Labute approximate surface area is 165 Å². The highest BCUT2D eigenvalue weighted by Gasteiger charge is 2.28. The maximum atomic E-state index is 13.0. The second-order valence-electron chi connectivity index (χ2n) is 7.49. The maximum absolute atomic E-state index is 13.0. The molecule has 1 saturated carbocycles. The molecule has 0 heterocycles. The smallest absolute Gasteiger partial charge is 0.261 e. The van der Waals surface area contributed by atoms with Crippen molar-refractivity contribution in [2.75, 3.05) is 4.72 Å². The van der Waals surface area contributed by atoms with Gasteiger partial charge in [0.15, 0.2) is 0 Å². The standard InChI is InChI=1S/C21H25FN2O3S/c1-14-5-3-8-20(15(14)2)23-21(25)16-6-4-7-19(13-16)28(26,27)24-18-11-9-17(22)10-12-18/h4,6-7,9-15,20,24H,3,5,8H2,1-2H3,(H,23,25)/t14-,15+,20+/m0/s1. The van der Waals surface area contributed by atoms with Crippen LogP contribution in [0.25, 0.3) is 0 Å². The molecule has 1 amide bonds. The van der Waals surface area contributed by atoms with Gasteiger partial charge >= 0.3 is 0 Å².